The van der Waals surface area contributed by atoms with Gasteiger partial charge in [0.25, 0.3) is 11.8 Å². The van der Waals surface area contributed by atoms with E-state index in [1.807, 2.05) is 12.1 Å². The van der Waals surface area contributed by atoms with E-state index >= 15 is 0 Å². The van der Waals surface area contributed by atoms with Gasteiger partial charge < -0.3 is 5.32 Å². The number of rotatable bonds is 4. The van der Waals surface area contributed by atoms with Crippen LogP contribution >= 0.6 is 0 Å². The monoisotopic (exact) mass is 424 g/mol. The number of nitrogens with one attached hydrogen (secondary N) is 2. The fourth-order valence-corrected chi connectivity index (χ4v) is 5.58. The maximum Gasteiger partial charge on any atom is 0.262 e. The Morgan fingerprint density at radius 3 is 2.48 bits per heavy atom. The van der Waals surface area contributed by atoms with Crippen molar-refractivity contribution in [2.24, 2.45) is 5.92 Å². The van der Waals surface area contributed by atoms with Crippen LogP contribution in [0, 0.1) is 5.92 Å². The Morgan fingerprint density at radius 1 is 0.968 bits per heavy atom. The van der Waals surface area contributed by atoms with Gasteiger partial charge in [-0.2, -0.15) is 0 Å². The molecule has 4 aliphatic heterocycles. The number of imide groups is 2. The van der Waals surface area contributed by atoms with Gasteiger partial charge in [0.15, 0.2) is 0 Å². The van der Waals surface area contributed by atoms with Crippen LogP contribution in [0.4, 0.5) is 0 Å². The molecule has 4 heterocycles. The molecule has 3 fully saturated rings. The van der Waals surface area contributed by atoms with E-state index in [1.165, 1.54) is 12.8 Å². The minimum absolute atomic E-state index is 0.126. The van der Waals surface area contributed by atoms with Crippen molar-refractivity contribution in [3.63, 3.8) is 0 Å². The third-order valence-corrected chi connectivity index (χ3v) is 7.25. The molecule has 164 valence electrons. The number of likely N-dealkylation sites (tertiary alicyclic amines) is 1. The van der Waals surface area contributed by atoms with E-state index in [-0.39, 0.29) is 18.7 Å². The standard InChI is InChI=1S/C23H28N4O4/c28-19-7-6-18(21(29)25-19)27-22(30)16-4-1-3-15(20(16)23(27)31)13-26-11-8-14(9-12-26)17-5-2-10-24-17/h1,3-4,14,17-18,24H,2,5-13H2,(H,25,28,29). The van der Waals surface area contributed by atoms with Crippen LogP contribution in [0.3, 0.4) is 0 Å². The van der Waals surface area contributed by atoms with Crippen molar-refractivity contribution in [1.82, 2.24) is 20.4 Å². The van der Waals surface area contributed by atoms with Crippen molar-refractivity contribution in [2.45, 2.75) is 57.2 Å². The van der Waals surface area contributed by atoms with Crippen LogP contribution in [0.5, 0.6) is 0 Å². The molecule has 4 aliphatic rings. The third kappa shape index (κ3) is 3.68. The van der Waals surface area contributed by atoms with E-state index in [0.29, 0.717) is 29.6 Å². The van der Waals surface area contributed by atoms with E-state index in [1.54, 1.807) is 6.07 Å². The van der Waals surface area contributed by atoms with E-state index in [0.717, 1.165) is 42.9 Å². The van der Waals surface area contributed by atoms with Crippen molar-refractivity contribution in [3.05, 3.63) is 34.9 Å². The van der Waals surface area contributed by atoms with E-state index in [9.17, 15) is 19.2 Å². The van der Waals surface area contributed by atoms with Gasteiger partial charge in [0, 0.05) is 19.0 Å². The molecule has 5 rings (SSSR count). The van der Waals surface area contributed by atoms with Gasteiger partial charge in [-0.3, -0.25) is 34.3 Å². The first kappa shape index (κ1) is 20.3. The highest BCUT2D eigenvalue weighted by molar-refractivity contribution is 6.24. The summed E-state index contributed by atoms with van der Waals surface area (Å²) in [5, 5.41) is 5.86. The Kier molecular flexibility index (Phi) is 5.35. The second kappa shape index (κ2) is 8.16. The molecule has 0 aromatic heterocycles. The molecular weight excluding hydrogens is 396 g/mol. The van der Waals surface area contributed by atoms with Crippen LogP contribution in [0.25, 0.3) is 0 Å². The number of hydrogen-bond acceptors (Lipinski definition) is 6. The zero-order chi connectivity index (χ0) is 21.5. The van der Waals surface area contributed by atoms with Crippen molar-refractivity contribution < 1.29 is 19.2 Å². The molecule has 0 radical (unpaired) electrons. The van der Waals surface area contributed by atoms with E-state index in [4.69, 9.17) is 0 Å². The number of nitrogens with zero attached hydrogens (tertiary/aromatic N) is 2. The largest absolute Gasteiger partial charge is 0.314 e. The molecule has 2 unspecified atom stereocenters. The molecule has 4 amide bonds. The smallest absolute Gasteiger partial charge is 0.262 e. The number of carbonyl (C=O) groups is 4. The lowest BCUT2D eigenvalue weighted by Gasteiger charge is -2.35. The molecule has 1 aromatic rings. The first-order valence-corrected chi connectivity index (χ1v) is 11.3. The molecule has 3 saturated heterocycles. The molecule has 0 spiro atoms. The van der Waals surface area contributed by atoms with Gasteiger partial charge in [0.1, 0.15) is 6.04 Å². The highest BCUT2D eigenvalue weighted by atomic mass is 16.2. The van der Waals surface area contributed by atoms with Crippen LogP contribution in [-0.4, -0.2) is 65.1 Å². The Hall–Kier alpha value is -2.58. The number of hydrogen-bond donors (Lipinski definition) is 2. The van der Waals surface area contributed by atoms with Crippen LogP contribution in [-0.2, 0) is 16.1 Å². The average Bonchev–Trinajstić information content (AvgIpc) is 3.38. The summed E-state index contributed by atoms with van der Waals surface area (Å²) in [7, 11) is 0. The zero-order valence-corrected chi connectivity index (χ0v) is 17.6. The molecular formula is C23H28N4O4. The Morgan fingerprint density at radius 2 is 1.77 bits per heavy atom. The van der Waals surface area contributed by atoms with Gasteiger partial charge >= 0.3 is 0 Å². The highest BCUT2D eigenvalue weighted by Gasteiger charge is 2.45. The maximum absolute atomic E-state index is 13.2. The Balaban J connectivity index is 1.30. The van der Waals surface area contributed by atoms with Crippen LogP contribution in [0.15, 0.2) is 18.2 Å². The van der Waals surface area contributed by atoms with Gasteiger partial charge in [-0.05, 0) is 69.3 Å². The first-order valence-electron chi connectivity index (χ1n) is 11.3. The van der Waals surface area contributed by atoms with Gasteiger partial charge in [-0.1, -0.05) is 12.1 Å². The van der Waals surface area contributed by atoms with Gasteiger partial charge in [-0.25, -0.2) is 0 Å². The van der Waals surface area contributed by atoms with Crippen molar-refractivity contribution in [2.75, 3.05) is 19.6 Å². The zero-order valence-electron chi connectivity index (χ0n) is 17.6. The molecule has 2 atom stereocenters. The summed E-state index contributed by atoms with van der Waals surface area (Å²) in [5.74, 6) is -1.09. The lowest BCUT2D eigenvalue weighted by Crippen LogP contribution is -2.54. The summed E-state index contributed by atoms with van der Waals surface area (Å²) in [6.45, 7) is 3.70. The summed E-state index contributed by atoms with van der Waals surface area (Å²) in [6, 6.07) is 5.09. The van der Waals surface area contributed by atoms with Crippen molar-refractivity contribution in [3.8, 4) is 0 Å². The third-order valence-electron chi connectivity index (χ3n) is 7.25. The number of fused-ring (bicyclic) bond motifs is 1. The van der Waals surface area contributed by atoms with Crippen LogP contribution in [0.2, 0.25) is 0 Å². The second-order valence-electron chi connectivity index (χ2n) is 9.10. The normalized spacial score (nSPS) is 27.7. The second-order valence-corrected chi connectivity index (χ2v) is 9.10. The first-order chi connectivity index (χ1) is 15.0. The fraction of sp³-hybridized carbons (Fsp3) is 0.565. The van der Waals surface area contributed by atoms with Gasteiger partial charge in [-0.15, -0.1) is 0 Å². The predicted molar refractivity (Wildman–Crippen MR) is 112 cm³/mol. The SMILES string of the molecule is O=C1CCC(N2C(=O)c3cccc(CN4CCC(C5CCCN5)CC4)c3C2=O)C(=O)N1. The van der Waals surface area contributed by atoms with Gasteiger partial charge in [0.2, 0.25) is 11.8 Å². The quantitative estimate of drug-likeness (QED) is 0.701. The topological polar surface area (TPSA) is 98.8 Å². The Bertz CT molecular complexity index is 932. The molecule has 8 nitrogen and oxygen atoms in total. The number of amides is 4. The van der Waals surface area contributed by atoms with E-state index in [2.05, 4.69) is 15.5 Å². The predicted octanol–water partition coefficient (Wildman–Crippen LogP) is 1.05. The number of carbonyl (C=O) groups excluding carboxylic acids is 4. The van der Waals surface area contributed by atoms with Crippen molar-refractivity contribution in [1.29, 1.82) is 0 Å². The summed E-state index contributed by atoms with van der Waals surface area (Å²) < 4.78 is 0. The molecule has 31 heavy (non-hydrogen) atoms. The molecule has 0 saturated carbocycles. The van der Waals surface area contributed by atoms with Crippen LogP contribution in [0.1, 0.15) is 64.8 Å². The van der Waals surface area contributed by atoms with E-state index < -0.39 is 23.8 Å². The fourth-order valence-electron chi connectivity index (χ4n) is 5.58. The summed E-state index contributed by atoms with van der Waals surface area (Å²) in [5.41, 5.74) is 1.61. The molecule has 1 aromatic carbocycles. The number of piperidine rings is 2. The number of benzene rings is 1. The molecule has 0 aliphatic carbocycles. The minimum atomic E-state index is -0.924. The lowest BCUT2D eigenvalue weighted by atomic mass is 9.88. The summed E-state index contributed by atoms with van der Waals surface area (Å²) in [4.78, 5) is 53.4. The lowest BCUT2D eigenvalue weighted by molar-refractivity contribution is -0.136. The highest BCUT2D eigenvalue weighted by Crippen LogP contribution is 2.32. The molecule has 2 N–H and O–H groups in total. The van der Waals surface area contributed by atoms with Gasteiger partial charge in [0.05, 0.1) is 11.1 Å². The Labute approximate surface area is 181 Å². The molecule has 0 bridgehead atoms. The molecule has 8 heteroatoms. The minimum Gasteiger partial charge on any atom is -0.314 e. The van der Waals surface area contributed by atoms with Crippen LogP contribution < -0.4 is 10.6 Å². The summed E-state index contributed by atoms with van der Waals surface area (Å²) >= 11 is 0. The van der Waals surface area contributed by atoms with Crippen molar-refractivity contribution >= 4 is 23.6 Å². The summed E-state index contributed by atoms with van der Waals surface area (Å²) in [6.07, 6.45) is 5.12. The maximum atomic E-state index is 13.2. The average molecular weight is 425 g/mol.